The second-order valence-electron chi connectivity index (χ2n) is 8.48. The lowest BCUT2D eigenvalue weighted by molar-refractivity contribution is -0.143. The van der Waals surface area contributed by atoms with Gasteiger partial charge in [0, 0.05) is 10.7 Å². The number of carbonyl (C=O) groups is 3. The Morgan fingerprint density at radius 2 is 1.91 bits per heavy atom. The number of anilines is 1. The van der Waals surface area contributed by atoms with Gasteiger partial charge in [0.15, 0.2) is 0 Å². The van der Waals surface area contributed by atoms with Crippen LogP contribution in [-0.4, -0.2) is 46.9 Å². The van der Waals surface area contributed by atoms with Gasteiger partial charge in [-0.1, -0.05) is 35.9 Å². The molecule has 2 fully saturated rings. The van der Waals surface area contributed by atoms with Gasteiger partial charge in [0.1, 0.15) is 6.54 Å². The zero-order chi connectivity index (χ0) is 22.8. The number of amides is 4. The molecule has 0 aliphatic carbocycles. The molecule has 8 heteroatoms. The molecule has 7 nitrogen and oxygen atoms in total. The molecule has 0 saturated carbocycles. The van der Waals surface area contributed by atoms with Crippen molar-refractivity contribution in [2.75, 3.05) is 18.4 Å². The molecule has 4 rings (SSSR count). The largest absolute Gasteiger partial charge is 0.328 e. The number of hydrogen-bond donors (Lipinski definition) is 2. The highest BCUT2D eigenvalue weighted by atomic mass is 35.5. The molecule has 2 saturated heterocycles. The number of nitrogens with zero attached hydrogens (tertiary/aromatic N) is 2. The molecule has 0 radical (unpaired) electrons. The number of benzene rings is 2. The first kappa shape index (κ1) is 22.3. The Bertz CT molecular complexity index is 1040. The van der Waals surface area contributed by atoms with Gasteiger partial charge in [-0.05, 0) is 68.1 Å². The predicted molar refractivity (Wildman–Crippen MR) is 123 cm³/mol. The minimum atomic E-state index is -0.477. The molecule has 0 bridgehead atoms. The first-order valence-corrected chi connectivity index (χ1v) is 11.2. The van der Waals surface area contributed by atoms with E-state index in [0.717, 1.165) is 28.8 Å². The summed E-state index contributed by atoms with van der Waals surface area (Å²) in [6.07, 6.45) is 1.04. The van der Waals surface area contributed by atoms with E-state index in [1.165, 1.54) is 9.80 Å². The van der Waals surface area contributed by atoms with Gasteiger partial charge in [-0.3, -0.25) is 24.7 Å². The summed E-state index contributed by atoms with van der Waals surface area (Å²) >= 11 is 5.96. The number of nitrogens with one attached hydrogen (secondary N) is 2. The van der Waals surface area contributed by atoms with Crippen molar-refractivity contribution < 1.29 is 14.4 Å². The quantitative estimate of drug-likeness (QED) is 0.722. The Morgan fingerprint density at radius 3 is 2.66 bits per heavy atom. The number of fused-ring (bicyclic) bond motifs is 1. The van der Waals surface area contributed by atoms with Gasteiger partial charge < -0.3 is 5.32 Å². The third-order valence-electron chi connectivity index (χ3n) is 6.06. The monoisotopic (exact) mass is 454 g/mol. The molecule has 2 aromatic rings. The first-order valence-electron chi connectivity index (χ1n) is 10.8. The van der Waals surface area contributed by atoms with Gasteiger partial charge in [-0.2, -0.15) is 0 Å². The lowest BCUT2D eigenvalue weighted by atomic mass is 9.91. The van der Waals surface area contributed by atoms with Crippen LogP contribution in [0.2, 0.25) is 5.02 Å². The van der Waals surface area contributed by atoms with Crippen LogP contribution in [0.15, 0.2) is 42.5 Å². The maximum absolute atomic E-state index is 13.4. The van der Waals surface area contributed by atoms with E-state index in [1.807, 2.05) is 32.0 Å². The Kier molecular flexibility index (Phi) is 6.48. The fourth-order valence-electron chi connectivity index (χ4n) is 4.33. The number of imide groups is 1. The molecule has 168 valence electrons. The number of halogens is 1. The number of piperidine rings is 1. The molecule has 2 atom stereocenters. The molecular weight excluding hydrogens is 428 g/mol. The summed E-state index contributed by atoms with van der Waals surface area (Å²) in [7, 11) is 0. The summed E-state index contributed by atoms with van der Waals surface area (Å²) in [6.45, 7) is 4.60. The molecule has 2 aliphatic heterocycles. The molecule has 2 aromatic carbocycles. The number of rotatable bonds is 5. The molecule has 4 amide bonds. The van der Waals surface area contributed by atoms with E-state index in [9.17, 15) is 14.4 Å². The van der Waals surface area contributed by atoms with Gasteiger partial charge in [0.25, 0.3) is 0 Å². The van der Waals surface area contributed by atoms with Crippen LogP contribution in [0.5, 0.6) is 0 Å². The number of urea groups is 1. The Hall–Kier alpha value is -2.90. The van der Waals surface area contributed by atoms with E-state index in [1.54, 1.807) is 24.3 Å². The summed E-state index contributed by atoms with van der Waals surface area (Å²) in [4.78, 5) is 42.2. The third kappa shape index (κ3) is 4.64. The number of hydrogen-bond acceptors (Lipinski definition) is 4. The van der Waals surface area contributed by atoms with Gasteiger partial charge in [0.2, 0.25) is 11.8 Å². The summed E-state index contributed by atoms with van der Waals surface area (Å²) < 4.78 is 0. The topological polar surface area (TPSA) is 81.8 Å². The van der Waals surface area contributed by atoms with E-state index >= 15 is 0 Å². The molecule has 32 heavy (non-hydrogen) atoms. The van der Waals surface area contributed by atoms with Crippen LogP contribution in [0.1, 0.15) is 29.5 Å². The summed E-state index contributed by atoms with van der Waals surface area (Å²) in [5.74, 6) is -0.866. The summed E-state index contributed by atoms with van der Waals surface area (Å²) in [5.41, 5.74) is 3.51. The third-order valence-corrected chi connectivity index (χ3v) is 6.31. The molecule has 0 aromatic heterocycles. The average Bonchev–Trinajstić information content (AvgIpc) is 2.78. The molecule has 2 aliphatic rings. The predicted octanol–water partition coefficient (Wildman–Crippen LogP) is 3.69. The number of carbonyl (C=O) groups excluding carboxylic acids is 3. The van der Waals surface area contributed by atoms with Crippen LogP contribution in [0, 0.1) is 19.8 Å². The van der Waals surface area contributed by atoms with Crippen molar-refractivity contribution >= 4 is 35.1 Å². The normalized spacial score (nSPS) is 20.8. The van der Waals surface area contributed by atoms with Crippen molar-refractivity contribution in [2.45, 2.75) is 39.4 Å². The minimum absolute atomic E-state index is 0.134. The van der Waals surface area contributed by atoms with E-state index in [2.05, 4.69) is 10.6 Å². The minimum Gasteiger partial charge on any atom is -0.324 e. The Balaban J connectivity index is 1.55. The van der Waals surface area contributed by atoms with Crippen LogP contribution in [0.3, 0.4) is 0 Å². The average molecular weight is 455 g/mol. The second-order valence-corrected chi connectivity index (χ2v) is 8.91. The van der Waals surface area contributed by atoms with Gasteiger partial charge in [-0.15, -0.1) is 0 Å². The van der Waals surface area contributed by atoms with Crippen LogP contribution in [0.4, 0.5) is 10.5 Å². The molecule has 0 spiro atoms. The molecule has 2 N–H and O–H groups in total. The van der Waals surface area contributed by atoms with E-state index < -0.39 is 12.2 Å². The van der Waals surface area contributed by atoms with Crippen molar-refractivity contribution in [1.82, 2.24) is 15.1 Å². The second kappa shape index (κ2) is 9.30. The molecule has 2 heterocycles. The lowest BCUT2D eigenvalue weighted by Crippen LogP contribution is -2.68. The van der Waals surface area contributed by atoms with Crippen molar-refractivity contribution in [1.29, 1.82) is 0 Å². The standard InChI is InChI=1S/C24H27ClN4O3/c1-15-5-6-16(2)20(12-15)27-21(30)14-28-22-19(4-3-11-26-22)23(31)29(24(28)32)13-17-7-9-18(25)10-8-17/h5-10,12,19,22,26H,3-4,11,13-14H2,1-2H3,(H,27,30). The zero-order valence-corrected chi connectivity index (χ0v) is 19.0. The highest BCUT2D eigenvalue weighted by Gasteiger charge is 2.47. The fourth-order valence-corrected chi connectivity index (χ4v) is 4.45. The molecule has 2 unspecified atom stereocenters. The van der Waals surface area contributed by atoms with Crippen molar-refractivity contribution in [3.8, 4) is 0 Å². The maximum atomic E-state index is 13.4. The van der Waals surface area contributed by atoms with E-state index in [4.69, 9.17) is 11.6 Å². The van der Waals surface area contributed by atoms with Crippen molar-refractivity contribution in [3.05, 3.63) is 64.2 Å². The van der Waals surface area contributed by atoms with Crippen molar-refractivity contribution in [2.24, 2.45) is 5.92 Å². The lowest BCUT2D eigenvalue weighted by Gasteiger charge is -2.46. The van der Waals surface area contributed by atoms with Crippen LogP contribution in [-0.2, 0) is 16.1 Å². The summed E-state index contributed by atoms with van der Waals surface area (Å²) in [6, 6.07) is 12.4. The summed E-state index contributed by atoms with van der Waals surface area (Å²) in [5, 5.41) is 6.78. The maximum Gasteiger partial charge on any atom is 0.328 e. The van der Waals surface area contributed by atoms with Gasteiger partial charge in [-0.25, -0.2) is 4.79 Å². The molecular formula is C24H27ClN4O3. The van der Waals surface area contributed by atoms with E-state index in [0.29, 0.717) is 18.0 Å². The smallest absolute Gasteiger partial charge is 0.324 e. The first-order chi connectivity index (χ1) is 15.3. The van der Waals surface area contributed by atoms with E-state index in [-0.39, 0.29) is 30.8 Å². The van der Waals surface area contributed by atoms with Crippen LogP contribution >= 0.6 is 11.6 Å². The van der Waals surface area contributed by atoms with Crippen LogP contribution in [0.25, 0.3) is 0 Å². The Labute approximate surface area is 192 Å². The van der Waals surface area contributed by atoms with Crippen molar-refractivity contribution in [3.63, 3.8) is 0 Å². The fraction of sp³-hybridized carbons (Fsp3) is 0.375. The van der Waals surface area contributed by atoms with Gasteiger partial charge >= 0.3 is 6.03 Å². The number of aryl methyl sites for hydroxylation is 2. The zero-order valence-electron chi connectivity index (χ0n) is 18.2. The Morgan fingerprint density at radius 1 is 1.16 bits per heavy atom. The highest BCUT2D eigenvalue weighted by molar-refractivity contribution is 6.30. The van der Waals surface area contributed by atoms with Gasteiger partial charge in [0.05, 0.1) is 18.6 Å². The van der Waals surface area contributed by atoms with Crippen LogP contribution < -0.4 is 10.6 Å². The highest BCUT2D eigenvalue weighted by Crippen LogP contribution is 2.29. The SMILES string of the molecule is Cc1ccc(C)c(NC(=O)CN2C(=O)N(Cc3ccc(Cl)cc3)C(=O)C3CCCNC32)c1.